The van der Waals surface area contributed by atoms with Gasteiger partial charge in [-0.3, -0.25) is 23.4 Å². The van der Waals surface area contributed by atoms with Gasteiger partial charge in [0.15, 0.2) is 6.10 Å². The summed E-state index contributed by atoms with van der Waals surface area (Å²) in [5, 5.41) is 9.79. The molecule has 0 saturated carbocycles. The molecule has 0 aromatic heterocycles. The van der Waals surface area contributed by atoms with Gasteiger partial charge >= 0.3 is 25.7 Å². The molecule has 0 aliphatic carbocycles. The van der Waals surface area contributed by atoms with Gasteiger partial charge in [-0.25, -0.2) is 4.57 Å². The molecule has 3 atom stereocenters. The Morgan fingerprint density at radius 3 is 1.20 bits per heavy atom. The summed E-state index contributed by atoms with van der Waals surface area (Å²) in [6.07, 6.45) is 59.5. The molecular weight excluding hydrogens is 904 g/mol. The third-order valence-corrected chi connectivity index (χ3v) is 12.0. The van der Waals surface area contributed by atoms with Gasteiger partial charge in [-0.1, -0.05) is 201 Å². The minimum absolute atomic E-state index is 0.0793. The summed E-state index contributed by atoms with van der Waals surface area (Å²) in [7, 11) is -4.77. The van der Waals surface area contributed by atoms with Crippen LogP contribution < -0.4 is 0 Å². The Morgan fingerprint density at radius 2 is 0.757 bits per heavy atom. The number of carbonyl (C=O) groups is 3. The summed E-state index contributed by atoms with van der Waals surface area (Å²) in [4.78, 5) is 48.4. The molecule has 0 spiro atoms. The zero-order chi connectivity index (χ0) is 51.3. The quantitative estimate of drug-likeness (QED) is 0.0197. The van der Waals surface area contributed by atoms with Crippen LogP contribution in [-0.4, -0.2) is 66.5 Å². The number of ether oxygens (including phenoxy) is 3. The van der Waals surface area contributed by atoms with Gasteiger partial charge in [-0.05, 0) is 89.9 Å². The number of carbonyl (C=O) groups excluding carboxylic acids is 3. The molecule has 0 aromatic rings. The third kappa shape index (κ3) is 49.4. The minimum Gasteiger partial charge on any atom is -0.462 e. The van der Waals surface area contributed by atoms with E-state index in [1.807, 2.05) is 12.2 Å². The van der Waals surface area contributed by atoms with Gasteiger partial charge in [-0.2, -0.15) is 0 Å². The Kier molecular flexibility index (Phi) is 49.1. The normalized spacial score (nSPS) is 14.2. The van der Waals surface area contributed by atoms with Crippen LogP contribution in [0, 0.1) is 0 Å². The maximum atomic E-state index is 12.9. The molecule has 70 heavy (non-hydrogen) atoms. The van der Waals surface area contributed by atoms with Crippen LogP contribution in [0.4, 0.5) is 0 Å². The van der Waals surface area contributed by atoms with Crippen LogP contribution >= 0.6 is 7.82 Å². The highest BCUT2D eigenvalue weighted by Gasteiger charge is 2.28. The van der Waals surface area contributed by atoms with Crippen molar-refractivity contribution in [3.8, 4) is 0 Å². The molecule has 0 aliphatic rings. The van der Waals surface area contributed by atoms with Gasteiger partial charge in [0.05, 0.1) is 19.8 Å². The number of aliphatic hydroxyl groups excluding tert-OH is 1. The SMILES string of the molecule is CC/C=C\C/C=C\C/C=C\C/C=C\C/C=C\CCCC(=O)OC(COC(=O)CCCCC/C=C\C/C=C\C/C=C\CC)COP(=O)(O)OCC(CO)OC(=O)CCCCCCCCCCCCCCC. The number of unbranched alkanes of at least 4 members (excludes halogenated alkanes) is 16. The van der Waals surface area contributed by atoms with Crippen molar-refractivity contribution in [2.24, 2.45) is 0 Å². The van der Waals surface area contributed by atoms with Gasteiger partial charge < -0.3 is 24.2 Å². The first-order chi connectivity index (χ1) is 34.2. The third-order valence-electron chi connectivity index (χ3n) is 11.0. The second-order valence-electron chi connectivity index (χ2n) is 17.6. The molecule has 0 heterocycles. The van der Waals surface area contributed by atoms with Crippen LogP contribution in [0.3, 0.4) is 0 Å². The van der Waals surface area contributed by atoms with E-state index in [2.05, 4.69) is 106 Å². The van der Waals surface area contributed by atoms with Crippen molar-refractivity contribution in [3.05, 3.63) is 97.2 Å². The summed E-state index contributed by atoms with van der Waals surface area (Å²) in [6.45, 7) is 4.30. The predicted octanol–water partition coefficient (Wildman–Crippen LogP) is 15.7. The molecule has 0 fully saturated rings. The molecule has 3 unspecified atom stereocenters. The van der Waals surface area contributed by atoms with Gasteiger partial charge in [0.2, 0.25) is 0 Å². The van der Waals surface area contributed by atoms with E-state index in [1.165, 1.54) is 57.8 Å². The van der Waals surface area contributed by atoms with E-state index >= 15 is 0 Å². The number of hydrogen-bond acceptors (Lipinski definition) is 10. The van der Waals surface area contributed by atoms with Gasteiger partial charge in [0.1, 0.15) is 12.7 Å². The standard InChI is InChI=1S/C58H97O11P/c1-4-7-10-13-16-19-22-25-26-27-28-31-34-37-40-43-46-49-58(62)69-55(51-65-56(60)47-44-41-38-35-32-29-23-20-17-14-11-8-5-2)53-67-70(63,64)66-52-54(50-59)68-57(61)48-45-42-39-36-33-30-24-21-18-15-12-9-6-3/h7-8,10-11,16-17,19-20,25-26,28-29,31-32,37,40,54-55,59H,4-6,9,12-15,18,21-24,27,30,33-36,38-39,41-53H2,1-3H3,(H,63,64)/b10-7-,11-8-,19-16-,20-17-,26-25-,31-28-,32-29-,40-37-. The lowest BCUT2D eigenvalue weighted by molar-refractivity contribution is -0.161. The summed E-state index contributed by atoms with van der Waals surface area (Å²) < 4.78 is 39.3. The number of phosphoric acid groups is 1. The average molecular weight is 1000 g/mol. The lowest BCUT2D eigenvalue weighted by Crippen LogP contribution is -2.30. The van der Waals surface area contributed by atoms with Crippen LogP contribution in [0.15, 0.2) is 97.2 Å². The summed E-state index contributed by atoms with van der Waals surface area (Å²) in [5.74, 6) is -1.58. The highest BCUT2D eigenvalue weighted by molar-refractivity contribution is 7.47. The van der Waals surface area contributed by atoms with E-state index in [0.717, 1.165) is 89.9 Å². The van der Waals surface area contributed by atoms with E-state index in [0.29, 0.717) is 25.7 Å². The first-order valence-corrected chi connectivity index (χ1v) is 28.6. The van der Waals surface area contributed by atoms with Gasteiger partial charge in [-0.15, -0.1) is 0 Å². The van der Waals surface area contributed by atoms with Crippen LogP contribution in [0.5, 0.6) is 0 Å². The number of hydrogen-bond donors (Lipinski definition) is 2. The van der Waals surface area contributed by atoms with Crippen molar-refractivity contribution in [2.75, 3.05) is 26.4 Å². The Bertz CT molecular complexity index is 1540. The highest BCUT2D eigenvalue weighted by Crippen LogP contribution is 2.43. The van der Waals surface area contributed by atoms with Crippen molar-refractivity contribution in [3.63, 3.8) is 0 Å². The molecular formula is C58H97O11P. The van der Waals surface area contributed by atoms with Crippen molar-refractivity contribution in [2.45, 2.75) is 226 Å². The van der Waals surface area contributed by atoms with Crippen molar-refractivity contribution in [1.82, 2.24) is 0 Å². The Hall–Kier alpha value is -3.60. The molecule has 12 heteroatoms. The van der Waals surface area contributed by atoms with E-state index in [-0.39, 0.29) is 25.9 Å². The number of phosphoric ester groups is 1. The van der Waals surface area contributed by atoms with E-state index in [1.54, 1.807) is 0 Å². The van der Waals surface area contributed by atoms with Crippen molar-refractivity contribution in [1.29, 1.82) is 0 Å². The molecule has 0 radical (unpaired) electrons. The summed E-state index contributed by atoms with van der Waals surface area (Å²) >= 11 is 0. The molecule has 0 amide bonds. The van der Waals surface area contributed by atoms with E-state index < -0.39 is 57.8 Å². The van der Waals surface area contributed by atoms with E-state index in [4.69, 9.17) is 23.3 Å². The molecule has 0 bridgehead atoms. The molecule has 0 aromatic carbocycles. The number of esters is 3. The predicted molar refractivity (Wildman–Crippen MR) is 288 cm³/mol. The van der Waals surface area contributed by atoms with E-state index in [9.17, 15) is 28.9 Å². The monoisotopic (exact) mass is 1000 g/mol. The zero-order valence-electron chi connectivity index (χ0n) is 43.9. The van der Waals surface area contributed by atoms with Gasteiger partial charge in [0, 0.05) is 19.3 Å². The lowest BCUT2D eigenvalue weighted by atomic mass is 10.0. The zero-order valence-corrected chi connectivity index (χ0v) is 44.8. The largest absolute Gasteiger partial charge is 0.472 e. The summed E-state index contributed by atoms with van der Waals surface area (Å²) in [5.41, 5.74) is 0. The van der Waals surface area contributed by atoms with Crippen molar-refractivity contribution < 1.29 is 52.2 Å². The molecule has 11 nitrogen and oxygen atoms in total. The average Bonchev–Trinajstić information content (AvgIpc) is 3.35. The summed E-state index contributed by atoms with van der Waals surface area (Å²) in [6, 6.07) is 0. The number of rotatable bonds is 49. The first-order valence-electron chi connectivity index (χ1n) is 27.1. The maximum absolute atomic E-state index is 12.9. The Morgan fingerprint density at radius 1 is 0.414 bits per heavy atom. The van der Waals surface area contributed by atoms with Gasteiger partial charge in [0.25, 0.3) is 0 Å². The van der Waals surface area contributed by atoms with Crippen LogP contribution in [0.2, 0.25) is 0 Å². The molecule has 2 N–H and O–H groups in total. The topological polar surface area (TPSA) is 155 Å². The fraction of sp³-hybridized carbons (Fsp3) is 0.672. The maximum Gasteiger partial charge on any atom is 0.472 e. The van der Waals surface area contributed by atoms with Crippen LogP contribution in [0.1, 0.15) is 213 Å². The minimum atomic E-state index is -4.77. The second kappa shape index (κ2) is 51.7. The number of aliphatic hydroxyl groups is 1. The molecule has 400 valence electrons. The number of allylic oxidation sites excluding steroid dienone is 16. The smallest absolute Gasteiger partial charge is 0.462 e. The Labute approximate surface area is 425 Å². The Balaban J connectivity index is 4.86. The highest BCUT2D eigenvalue weighted by atomic mass is 31.2. The first kappa shape index (κ1) is 66.4. The lowest BCUT2D eigenvalue weighted by Gasteiger charge is -2.21. The van der Waals surface area contributed by atoms with Crippen molar-refractivity contribution >= 4 is 25.7 Å². The fourth-order valence-corrected chi connectivity index (χ4v) is 7.72. The molecule has 0 rings (SSSR count). The molecule has 0 aliphatic heterocycles. The molecule has 0 saturated heterocycles. The van der Waals surface area contributed by atoms with Crippen LogP contribution in [-0.2, 0) is 42.2 Å². The van der Waals surface area contributed by atoms with Crippen LogP contribution in [0.25, 0.3) is 0 Å². The second-order valence-corrected chi connectivity index (χ2v) is 19.1. The fourth-order valence-electron chi connectivity index (χ4n) is 6.93.